The molecule has 0 aliphatic rings. The highest BCUT2D eigenvalue weighted by Gasteiger charge is 2.19. The van der Waals surface area contributed by atoms with Crippen molar-refractivity contribution >= 4 is 15.5 Å². The van der Waals surface area contributed by atoms with Gasteiger partial charge in [-0.1, -0.05) is 62.4 Å². The van der Waals surface area contributed by atoms with Gasteiger partial charge in [0, 0.05) is 10.8 Å². The fourth-order valence-corrected chi connectivity index (χ4v) is 4.02. The summed E-state index contributed by atoms with van der Waals surface area (Å²) in [6.07, 6.45) is 0. The second kappa shape index (κ2) is 7.36. The summed E-state index contributed by atoms with van der Waals surface area (Å²) in [6.45, 7) is 3.99. The van der Waals surface area contributed by atoms with Gasteiger partial charge >= 0.3 is 0 Å². The molecule has 22 heavy (non-hydrogen) atoms. The van der Waals surface area contributed by atoms with Crippen LogP contribution in [-0.4, -0.2) is 15.7 Å². The molecule has 1 unspecified atom stereocenters. The number of rotatable bonds is 6. The molecule has 0 aromatic heterocycles. The van der Waals surface area contributed by atoms with Crippen molar-refractivity contribution in [3.05, 3.63) is 66.2 Å². The third kappa shape index (κ3) is 4.28. The van der Waals surface area contributed by atoms with Gasteiger partial charge in [0.15, 0.2) is 0 Å². The molecule has 0 aliphatic heterocycles. The zero-order valence-electron chi connectivity index (χ0n) is 12.9. The molecular formula is C18H21NO2S. The lowest BCUT2D eigenvalue weighted by atomic mass is 10.1. The van der Waals surface area contributed by atoms with E-state index < -0.39 is 9.73 Å². The lowest BCUT2D eigenvalue weighted by molar-refractivity contribution is -0.119. The summed E-state index contributed by atoms with van der Waals surface area (Å²) in [5.74, 6) is -0.191. The Bertz CT molecular complexity index is 730. The van der Waals surface area contributed by atoms with Gasteiger partial charge in [0.05, 0.1) is 22.0 Å². The van der Waals surface area contributed by atoms with Crippen LogP contribution in [0.5, 0.6) is 0 Å². The number of carbonyl (C=O) groups excluding carboxylic acids is 1. The molecule has 0 saturated heterocycles. The van der Waals surface area contributed by atoms with E-state index in [9.17, 15) is 9.00 Å². The molecule has 0 saturated carbocycles. The minimum atomic E-state index is -2.73. The second-order valence-corrected chi connectivity index (χ2v) is 7.79. The van der Waals surface area contributed by atoms with Crippen LogP contribution in [0.2, 0.25) is 0 Å². The van der Waals surface area contributed by atoms with E-state index in [0.29, 0.717) is 11.4 Å². The van der Waals surface area contributed by atoms with Crippen LogP contribution in [0.3, 0.4) is 0 Å². The van der Waals surface area contributed by atoms with Gasteiger partial charge in [-0.3, -0.25) is 4.79 Å². The largest absolute Gasteiger partial charge is 0.298 e. The van der Waals surface area contributed by atoms with Gasteiger partial charge in [0.1, 0.15) is 5.78 Å². The van der Waals surface area contributed by atoms with Crippen molar-refractivity contribution in [1.29, 1.82) is 0 Å². The van der Waals surface area contributed by atoms with Crippen LogP contribution in [0, 0.1) is 5.92 Å². The normalized spacial score (nSPS) is 13.6. The average Bonchev–Trinajstić information content (AvgIpc) is 2.54. The molecule has 0 aliphatic carbocycles. The van der Waals surface area contributed by atoms with Gasteiger partial charge < -0.3 is 0 Å². The third-order valence-corrected chi connectivity index (χ3v) is 5.62. The number of nitrogens with zero attached hydrogens (tertiary/aromatic N) is 1. The van der Waals surface area contributed by atoms with Gasteiger partial charge in [-0.05, 0) is 17.7 Å². The van der Waals surface area contributed by atoms with Gasteiger partial charge in [-0.15, -0.1) is 0 Å². The van der Waals surface area contributed by atoms with Crippen LogP contribution in [0.4, 0.5) is 0 Å². The van der Waals surface area contributed by atoms with Crippen LogP contribution < -0.4 is 0 Å². The van der Waals surface area contributed by atoms with E-state index in [0.717, 1.165) is 5.56 Å². The predicted molar refractivity (Wildman–Crippen MR) is 90.1 cm³/mol. The molecule has 4 heteroatoms. The van der Waals surface area contributed by atoms with Crippen molar-refractivity contribution in [3.8, 4) is 0 Å². The van der Waals surface area contributed by atoms with E-state index in [4.69, 9.17) is 0 Å². The highest BCUT2D eigenvalue weighted by molar-refractivity contribution is 7.94. The highest BCUT2D eigenvalue weighted by Crippen LogP contribution is 2.17. The molecule has 0 heterocycles. The first-order valence-electron chi connectivity index (χ1n) is 7.33. The maximum atomic E-state index is 13.3. The number of Topliss-reactive ketones (excluding diaryl/α,β-unsaturated/α-hetero) is 1. The summed E-state index contributed by atoms with van der Waals surface area (Å²) in [4.78, 5) is 12.7. The van der Waals surface area contributed by atoms with Crippen LogP contribution in [0.1, 0.15) is 19.4 Å². The Hall–Kier alpha value is -1.94. The summed E-state index contributed by atoms with van der Waals surface area (Å²) in [6, 6.07) is 18.7. The number of hydrogen-bond acceptors (Lipinski definition) is 3. The van der Waals surface area contributed by atoms with E-state index in [1.165, 1.54) is 0 Å². The van der Waals surface area contributed by atoms with E-state index >= 15 is 0 Å². The van der Waals surface area contributed by atoms with E-state index in [1.807, 2.05) is 62.4 Å². The Morgan fingerprint density at radius 3 is 2.09 bits per heavy atom. The number of benzene rings is 2. The van der Waals surface area contributed by atoms with Gasteiger partial charge in [-0.2, -0.15) is 0 Å². The van der Waals surface area contributed by atoms with Crippen molar-refractivity contribution in [2.45, 2.75) is 25.3 Å². The first-order chi connectivity index (χ1) is 10.5. The molecule has 0 amide bonds. The van der Waals surface area contributed by atoms with Crippen LogP contribution in [-0.2, 0) is 21.1 Å². The van der Waals surface area contributed by atoms with Gasteiger partial charge in [0.2, 0.25) is 0 Å². The summed E-state index contributed by atoms with van der Waals surface area (Å²) in [5, 5.41) is 0. The molecule has 2 rings (SSSR count). The lowest BCUT2D eigenvalue weighted by Gasteiger charge is -2.12. The standard InChI is InChI=1S/C18H21NO2S/c1-15(2)18(20)14-22(21,17-11-7-4-8-12-17)19-13-16-9-5-3-6-10-16/h3-12,15H,13-14H2,1-2H3. The van der Waals surface area contributed by atoms with E-state index in [2.05, 4.69) is 4.36 Å². The minimum absolute atomic E-state index is 0.0225. The van der Waals surface area contributed by atoms with Crippen LogP contribution >= 0.6 is 0 Å². The second-order valence-electron chi connectivity index (χ2n) is 5.49. The van der Waals surface area contributed by atoms with Crippen molar-refractivity contribution in [2.75, 3.05) is 5.75 Å². The maximum Gasteiger partial charge on any atom is 0.149 e. The molecule has 0 radical (unpaired) electrons. The van der Waals surface area contributed by atoms with Crippen molar-refractivity contribution in [1.82, 2.24) is 0 Å². The number of ketones is 1. The molecule has 116 valence electrons. The molecule has 1 atom stereocenters. The minimum Gasteiger partial charge on any atom is -0.298 e. The third-order valence-electron chi connectivity index (χ3n) is 3.39. The van der Waals surface area contributed by atoms with Crippen molar-refractivity contribution < 1.29 is 9.00 Å². The Labute approximate surface area is 132 Å². The first-order valence-corrected chi connectivity index (χ1v) is 9.02. The topological polar surface area (TPSA) is 46.5 Å². The first kappa shape index (κ1) is 16.4. The summed E-state index contributed by atoms with van der Waals surface area (Å²) in [7, 11) is -2.73. The predicted octanol–water partition coefficient (Wildman–Crippen LogP) is 3.94. The molecule has 3 nitrogen and oxygen atoms in total. The summed E-state index contributed by atoms with van der Waals surface area (Å²) in [5.41, 5.74) is 0.989. The summed E-state index contributed by atoms with van der Waals surface area (Å²) < 4.78 is 17.7. The maximum absolute atomic E-state index is 13.3. The fraction of sp³-hybridized carbons (Fsp3) is 0.278. The van der Waals surface area contributed by atoms with E-state index in [-0.39, 0.29) is 17.5 Å². The zero-order chi connectivity index (χ0) is 16.0. The molecule has 2 aromatic rings. The Kier molecular flexibility index (Phi) is 5.50. The Morgan fingerprint density at radius 2 is 1.55 bits per heavy atom. The van der Waals surface area contributed by atoms with Crippen LogP contribution in [0.15, 0.2) is 69.9 Å². The molecule has 0 N–H and O–H groups in total. The smallest absolute Gasteiger partial charge is 0.149 e. The van der Waals surface area contributed by atoms with Crippen molar-refractivity contribution in [3.63, 3.8) is 0 Å². The average molecular weight is 315 g/mol. The fourth-order valence-electron chi connectivity index (χ4n) is 1.96. The number of hydrogen-bond donors (Lipinski definition) is 0. The van der Waals surface area contributed by atoms with Crippen molar-refractivity contribution in [2.24, 2.45) is 10.3 Å². The summed E-state index contributed by atoms with van der Waals surface area (Å²) >= 11 is 0. The zero-order valence-corrected chi connectivity index (χ0v) is 13.8. The monoisotopic (exact) mass is 315 g/mol. The Morgan fingerprint density at radius 1 is 1.00 bits per heavy atom. The Balaban J connectivity index is 2.37. The quantitative estimate of drug-likeness (QED) is 0.810. The molecule has 0 bridgehead atoms. The molecule has 0 spiro atoms. The van der Waals surface area contributed by atoms with Gasteiger partial charge in [0.25, 0.3) is 0 Å². The SMILES string of the molecule is CC(C)C(=O)CS(=O)(=NCc1ccccc1)c1ccccc1. The van der Waals surface area contributed by atoms with Gasteiger partial charge in [-0.25, -0.2) is 8.57 Å². The number of carbonyl (C=O) groups is 1. The highest BCUT2D eigenvalue weighted by atomic mass is 32.2. The molecule has 2 aromatic carbocycles. The lowest BCUT2D eigenvalue weighted by Crippen LogP contribution is -2.20. The molecule has 0 fully saturated rings. The van der Waals surface area contributed by atoms with E-state index in [1.54, 1.807) is 12.1 Å². The molecular weight excluding hydrogens is 294 g/mol. The van der Waals surface area contributed by atoms with Crippen LogP contribution in [0.25, 0.3) is 0 Å².